The Morgan fingerprint density at radius 1 is 1.56 bits per heavy atom. The molecule has 1 aromatic heterocycles. The van der Waals surface area contributed by atoms with Gasteiger partial charge in [0.15, 0.2) is 6.61 Å². The second kappa shape index (κ2) is 5.55. The predicted molar refractivity (Wildman–Crippen MR) is 68.9 cm³/mol. The Bertz CT molecular complexity index is 540. The number of carbonyl (C=O) groups excluding carboxylic acids is 1. The van der Waals surface area contributed by atoms with Crippen LogP contribution in [0.1, 0.15) is 5.56 Å². The highest BCUT2D eigenvalue weighted by Gasteiger charge is 2.06. The normalized spacial score (nSPS) is 10.1. The standard InChI is InChI=1S/C12H12ClN3O2/c1-8-4-9(13)2-3-11(8)18-7-12(17)16-10-5-14-15-6-10/h2-6H,7H2,1H3,(H,14,15)(H,16,17). The van der Waals surface area contributed by atoms with Crippen molar-refractivity contribution in [3.8, 4) is 5.75 Å². The lowest BCUT2D eigenvalue weighted by Gasteiger charge is -2.08. The van der Waals surface area contributed by atoms with Crippen molar-refractivity contribution in [1.29, 1.82) is 0 Å². The van der Waals surface area contributed by atoms with Gasteiger partial charge < -0.3 is 10.1 Å². The minimum atomic E-state index is -0.245. The maximum atomic E-state index is 11.6. The lowest BCUT2D eigenvalue weighted by molar-refractivity contribution is -0.118. The third-order valence-electron chi connectivity index (χ3n) is 2.28. The van der Waals surface area contributed by atoms with Gasteiger partial charge in [0.25, 0.3) is 5.91 Å². The minimum Gasteiger partial charge on any atom is -0.483 e. The van der Waals surface area contributed by atoms with Gasteiger partial charge in [0, 0.05) is 11.2 Å². The maximum Gasteiger partial charge on any atom is 0.262 e. The van der Waals surface area contributed by atoms with Crippen LogP contribution in [0.5, 0.6) is 5.75 Å². The number of halogens is 1. The molecular formula is C12H12ClN3O2. The number of benzene rings is 1. The van der Waals surface area contributed by atoms with Crippen LogP contribution in [-0.4, -0.2) is 22.7 Å². The molecule has 2 rings (SSSR count). The Morgan fingerprint density at radius 2 is 2.39 bits per heavy atom. The van der Waals surface area contributed by atoms with E-state index in [2.05, 4.69) is 15.5 Å². The molecule has 0 aliphatic carbocycles. The van der Waals surface area contributed by atoms with Gasteiger partial charge in [-0.1, -0.05) is 11.6 Å². The molecule has 0 saturated carbocycles. The fourth-order valence-corrected chi connectivity index (χ4v) is 1.66. The summed E-state index contributed by atoms with van der Waals surface area (Å²) in [4.78, 5) is 11.6. The Morgan fingerprint density at radius 3 is 3.06 bits per heavy atom. The average molecular weight is 266 g/mol. The molecule has 5 nitrogen and oxygen atoms in total. The molecule has 0 unspecified atom stereocenters. The third-order valence-corrected chi connectivity index (χ3v) is 2.51. The first kappa shape index (κ1) is 12.4. The molecule has 0 radical (unpaired) electrons. The Labute approximate surface area is 109 Å². The van der Waals surface area contributed by atoms with Crippen LogP contribution in [0, 0.1) is 6.92 Å². The van der Waals surface area contributed by atoms with Crippen LogP contribution < -0.4 is 10.1 Å². The number of rotatable bonds is 4. The molecule has 0 aliphatic rings. The van der Waals surface area contributed by atoms with E-state index in [1.807, 2.05) is 6.92 Å². The van der Waals surface area contributed by atoms with Crippen molar-refractivity contribution in [3.05, 3.63) is 41.2 Å². The SMILES string of the molecule is Cc1cc(Cl)ccc1OCC(=O)Nc1cn[nH]c1. The number of ether oxygens (including phenoxy) is 1. The van der Waals surface area contributed by atoms with Crippen LogP contribution in [0.2, 0.25) is 5.02 Å². The van der Waals surface area contributed by atoms with Crippen molar-refractivity contribution in [2.24, 2.45) is 0 Å². The highest BCUT2D eigenvalue weighted by atomic mass is 35.5. The van der Waals surface area contributed by atoms with Crippen LogP contribution in [0.3, 0.4) is 0 Å². The first-order valence-electron chi connectivity index (χ1n) is 5.33. The molecule has 2 aromatic rings. The largest absolute Gasteiger partial charge is 0.483 e. The summed E-state index contributed by atoms with van der Waals surface area (Å²) in [6.45, 7) is 1.81. The van der Waals surface area contributed by atoms with E-state index in [9.17, 15) is 4.79 Å². The van der Waals surface area contributed by atoms with E-state index in [1.54, 1.807) is 24.4 Å². The predicted octanol–water partition coefficient (Wildman–Crippen LogP) is 2.39. The molecule has 18 heavy (non-hydrogen) atoms. The topological polar surface area (TPSA) is 67.0 Å². The molecular weight excluding hydrogens is 254 g/mol. The van der Waals surface area contributed by atoms with Gasteiger partial charge in [-0.05, 0) is 30.7 Å². The van der Waals surface area contributed by atoms with E-state index >= 15 is 0 Å². The second-order valence-corrected chi connectivity index (χ2v) is 4.17. The fraction of sp³-hybridized carbons (Fsp3) is 0.167. The highest BCUT2D eigenvalue weighted by molar-refractivity contribution is 6.30. The summed E-state index contributed by atoms with van der Waals surface area (Å²) in [6.07, 6.45) is 3.11. The number of aromatic nitrogens is 2. The molecule has 0 spiro atoms. The number of hydrogen-bond acceptors (Lipinski definition) is 3. The molecule has 6 heteroatoms. The van der Waals surface area contributed by atoms with Crippen LogP contribution in [0.4, 0.5) is 5.69 Å². The average Bonchev–Trinajstić information content (AvgIpc) is 2.80. The molecule has 0 aliphatic heterocycles. The quantitative estimate of drug-likeness (QED) is 0.892. The molecule has 0 bridgehead atoms. The van der Waals surface area contributed by atoms with Crippen molar-refractivity contribution < 1.29 is 9.53 Å². The van der Waals surface area contributed by atoms with E-state index < -0.39 is 0 Å². The number of nitrogens with zero attached hydrogens (tertiary/aromatic N) is 1. The Hall–Kier alpha value is -2.01. The van der Waals surface area contributed by atoms with Crippen molar-refractivity contribution in [3.63, 3.8) is 0 Å². The molecule has 1 amide bonds. The van der Waals surface area contributed by atoms with Gasteiger partial charge in [-0.2, -0.15) is 5.10 Å². The minimum absolute atomic E-state index is 0.0619. The molecule has 2 N–H and O–H groups in total. The number of hydrogen-bond donors (Lipinski definition) is 2. The summed E-state index contributed by atoms with van der Waals surface area (Å²) in [6, 6.07) is 5.24. The smallest absolute Gasteiger partial charge is 0.262 e. The molecule has 1 heterocycles. The number of aromatic amines is 1. The van der Waals surface area contributed by atoms with Gasteiger partial charge in [-0.3, -0.25) is 9.89 Å². The van der Waals surface area contributed by atoms with Gasteiger partial charge in [0.1, 0.15) is 5.75 Å². The van der Waals surface area contributed by atoms with E-state index in [1.165, 1.54) is 6.20 Å². The number of nitrogens with one attached hydrogen (secondary N) is 2. The zero-order valence-corrected chi connectivity index (χ0v) is 10.5. The van der Waals surface area contributed by atoms with Gasteiger partial charge in [-0.15, -0.1) is 0 Å². The van der Waals surface area contributed by atoms with Gasteiger partial charge in [0.05, 0.1) is 11.9 Å². The van der Waals surface area contributed by atoms with Crippen LogP contribution in [0.25, 0.3) is 0 Å². The van der Waals surface area contributed by atoms with E-state index in [0.29, 0.717) is 16.5 Å². The van der Waals surface area contributed by atoms with E-state index in [4.69, 9.17) is 16.3 Å². The number of H-pyrrole nitrogens is 1. The Kier molecular flexibility index (Phi) is 3.84. The first-order valence-corrected chi connectivity index (χ1v) is 5.70. The van der Waals surface area contributed by atoms with Crippen LogP contribution >= 0.6 is 11.6 Å². The van der Waals surface area contributed by atoms with Crippen molar-refractivity contribution in [1.82, 2.24) is 10.2 Å². The van der Waals surface area contributed by atoms with E-state index in [-0.39, 0.29) is 12.5 Å². The van der Waals surface area contributed by atoms with Crippen molar-refractivity contribution in [2.75, 3.05) is 11.9 Å². The lowest BCUT2D eigenvalue weighted by atomic mass is 10.2. The van der Waals surface area contributed by atoms with Crippen molar-refractivity contribution in [2.45, 2.75) is 6.92 Å². The molecule has 1 aromatic carbocycles. The number of anilines is 1. The summed E-state index contributed by atoms with van der Waals surface area (Å²) in [7, 11) is 0. The van der Waals surface area contributed by atoms with Crippen molar-refractivity contribution >= 4 is 23.2 Å². The number of carbonyl (C=O) groups is 1. The Balaban J connectivity index is 1.89. The van der Waals surface area contributed by atoms with Gasteiger partial charge >= 0.3 is 0 Å². The summed E-state index contributed by atoms with van der Waals surface area (Å²) in [5.41, 5.74) is 1.50. The first-order chi connectivity index (χ1) is 8.65. The third kappa shape index (κ3) is 3.24. The van der Waals surface area contributed by atoms with Gasteiger partial charge in [0.2, 0.25) is 0 Å². The second-order valence-electron chi connectivity index (χ2n) is 3.73. The fourth-order valence-electron chi connectivity index (χ4n) is 1.43. The van der Waals surface area contributed by atoms with Crippen LogP contribution in [0.15, 0.2) is 30.6 Å². The summed E-state index contributed by atoms with van der Waals surface area (Å²) < 4.78 is 5.40. The zero-order valence-electron chi connectivity index (χ0n) is 9.74. The number of aryl methyl sites for hydroxylation is 1. The maximum absolute atomic E-state index is 11.6. The molecule has 0 atom stereocenters. The summed E-state index contributed by atoms with van der Waals surface area (Å²) >= 11 is 5.83. The molecule has 0 saturated heterocycles. The van der Waals surface area contributed by atoms with E-state index in [0.717, 1.165) is 5.56 Å². The monoisotopic (exact) mass is 265 g/mol. The highest BCUT2D eigenvalue weighted by Crippen LogP contribution is 2.21. The number of amides is 1. The summed E-state index contributed by atoms with van der Waals surface area (Å²) in [5, 5.41) is 9.61. The van der Waals surface area contributed by atoms with Crippen LogP contribution in [-0.2, 0) is 4.79 Å². The lowest BCUT2D eigenvalue weighted by Crippen LogP contribution is -2.20. The molecule has 0 fully saturated rings. The molecule has 94 valence electrons. The zero-order chi connectivity index (χ0) is 13.0. The summed E-state index contributed by atoms with van der Waals surface area (Å²) in [5.74, 6) is 0.396. The van der Waals surface area contributed by atoms with Gasteiger partial charge in [-0.25, -0.2) is 0 Å².